The molecule has 1 saturated heterocycles. The van der Waals surface area contributed by atoms with Gasteiger partial charge in [-0.2, -0.15) is 0 Å². The van der Waals surface area contributed by atoms with Gasteiger partial charge >= 0.3 is 0 Å². The number of carbonyl (C=O) groups is 1. The normalized spacial score (nSPS) is 17.6. The molecule has 25 heavy (non-hydrogen) atoms. The third-order valence-corrected chi connectivity index (χ3v) is 4.93. The Labute approximate surface area is 146 Å². The summed E-state index contributed by atoms with van der Waals surface area (Å²) in [7, 11) is 0. The van der Waals surface area contributed by atoms with E-state index in [-0.39, 0.29) is 17.8 Å². The molecule has 2 aromatic carbocycles. The first kappa shape index (κ1) is 15.8. The molecule has 1 atom stereocenters. The lowest BCUT2D eigenvalue weighted by molar-refractivity contribution is 0.0613. The minimum absolute atomic E-state index is 0.000978. The monoisotopic (exact) mass is 334 g/mol. The summed E-state index contributed by atoms with van der Waals surface area (Å²) >= 11 is 0. The number of carbonyl (C=O) groups excluding carboxylic acids is 1. The van der Waals surface area contributed by atoms with E-state index in [1.54, 1.807) is 24.5 Å². The Hall–Kier alpha value is -2.75. The average molecular weight is 334 g/mol. The number of fused-ring (bicyclic) bond motifs is 1. The average Bonchev–Trinajstić information content (AvgIpc) is 2.68. The van der Waals surface area contributed by atoms with E-state index in [9.17, 15) is 9.18 Å². The second-order valence-corrected chi connectivity index (χ2v) is 6.46. The van der Waals surface area contributed by atoms with Crippen LogP contribution in [0.3, 0.4) is 0 Å². The zero-order chi connectivity index (χ0) is 17.2. The van der Waals surface area contributed by atoms with E-state index in [2.05, 4.69) is 4.98 Å². The molecule has 0 N–H and O–H groups in total. The summed E-state index contributed by atoms with van der Waals surface area (Å²) in [5.41, 5.74) is 1.70. The molecule has 2 heterocycles. The van der Waals surface area contributed by atoms with Gasteiger partial charge in [0.15, 0.2) is 0 Å². The van der Waals surface area contributed by atoms with E-state index in [4.69, 9.17) is 0 Å². The third kappa shape index (κ3) is 3.00. The van der Waals surface area contributed by atoms with Gasteiger partial charge in [0.2, 0.25) is 0 Å². The molecule has 3 aromatic rings. The lowest BCUT2D eigenvalue weighted by atomic mass is 9.94. The largest absolute Gasteiger partial charge is 0.332 e. The van der Waals surface area contributed by atoms with Crippen LogP contribution >= 0.6 is 0 Å². The number of hydrogen-bond donors (Lipinski definition) is 0. The number of halogens is 1. The molecule has 4 heteroatoms. The van der Waals surface area contributed by atoms with Gasteiger partial charge in [-0.3, -0.25) is 9.78 Å². The molecule has 0 bridgehead atoms. The van der Waals surface area contributed by atoms with E-state index < -0.39 is 0 Å². The molecule has 1 fully saturated rings. The lowest BCUT2D eigenvalue weighted by Gasteiger charge is -2.36. The molecular formula is C21H19FN2O. The molecule has 4 rings (SSSR count). The Morgan fingerprint density at radius 3 is 2.76 bits per heavy atom. The van der Waals surface area contributed by atoms with Gasteiger partial charge in [-0.15, -0.1) is 0 Å². The number of pyridine rings is 1. The maximum atomic E-state index is 13.3. The van der Waals surface area contributed by atoms with Gasteiger partial charge in [-0.25, -0.2) is 4.39 Å². The number of nitrogens with zero attached hydrogens (tertiary/aromatic N) is 2. The summed E-state index contributed by atoms with van der Waals surface area (Å²) in [5, 5.41) is 1.88. The van der Waals surface area contributed by atoms with Crippen molar-refractivity contribution in [1.82, 2.24) is 9.88 Å². The van der Waals surface area contributed by atoms with Gasteiger partial charge in [0.25, 0.3) is 5.91 Å². The number of benzene rings is 2. The van der Waals surface area contributed by atoms with Crippen molar-refractivity contribution < 1.29 is 9.18 Å². The molecule has 1 amide bonds. The van der Waals surface area contributed by atoms with Crippen molar-refractivity contribution in [3.05, 3.63) is 77.9 Å². The van der Waals surface area contributed by atoms with E-state index in [1.165, 1.54) is 12.1 Å². The van der Waals surface area contributed by atoms with Gasteiger partial charge in [0.05, 0.1) is 6.04 Å². The van der Waals surface area contributed by atoms with Gasteiger partial charge in [-0.1, -0.05) is 24.3 Å². The Balaban J connectivity index is 1.72. The highest BCUT2D eigenvalue weighted by Crippen LogP contribution is 2.33. The predicted octanol–water partition coefficient (Wildman–Crippen LogP) is 4.74. The fourth-order valence-electron chi connectivity index (χ4n) is 3.67. The fraction of sp³-hybridized carbons (Fsp3) is 0.238. The summed E-state index contributed by atoms with van der Waals surface area (Å²) in [6.45, 7) is 0.725. The second kappa shape index (κ2) is 6.63. The van der Waals surface area contributed by atoms with Crippen molar-refractivity contribution in [2.45, 2.75) is 25.3 Å². The summed E-state index contributed by atoms with van der Waals surface area (Å²) in [4.78, 5) is 19.4. The van der Waals surface area contributed by atoms with Crippen LogP contribution in [-0.2, 0) is 0 Å². The molecule has 1 aliphatic heterocycles. The zero-order valence-corrected chi connectivity index (χ0v) is 13.9. The molecule has 0 radical (unpaired) electrons. The van der Waals surface area contributed by atoms with Crippen molar-refractivity contribution in [3.8, 4) is 0 Å². The molecular weight excluding hydrogens is 315 g/mol. The molecule has 0 spiro atoms. The first-order valence-corrected chi connectivity index (χ1v) is 8.63. The highest BCUT2D eigenvalue weighted by molar-refractivity contribution is 6.07. The summed E-state index contributed by atoms with van der Waals surface area (Å²) in [5.74, 6) is -0.218. The highest BCUT2D eigenvalue weighted by atomic mass is 19.1. The van der Waals surface area contributed by atoms with Crippen LogP contribution in [-0.4, -0.2) is 22.3 Å². The van der Waals surface area contributed by atoms with E-state index >= 15 is 0 Å². The maximum Gasteiger partial charge on any atom is 0.254 e. The summed E-state index contributed by atoms with van der Waals surface area (Å²) in [6, 6.07) is 14.1. The highest BCUT2D eigenvalue weighted by Gasteiger charge is 2.29. The molecule has 126 valence electrons. The molecule has 0 saturated carbocycles. The minimum atomic E-state index is -0.251. The lowest BCUT2D eigenvalue weighted by Crippen LogP contribution is -2.38. The predicted molar refractivity (Wildman–Crippen MR) is 95.8 cm³/mol. The van der Waals surface area contributed by atoms with Gasteiger partial charge < -0.3 is 4.90 Å². The van der Waals surface area contributed by atoms with Crippen LogP contribution < -0.4 is 0 Å². The van der Waals surface area contributed by atoms with Crippen LogP contribution in [0.2, 0.25) is 0 Å². The third-order valence-electron chi connectivity index (χ3n) is 4.93. The molecule has 1 aliphatic rings. The first-order chi connectivity index (χ1) is 12.2. The van der Waals surface area contributed by atoms with Crippen molar-refractivity contribution in [2.75, 3.05) is 6.54 Å². The first-order valence-electron chi connectivity index (χ1n) is 8.63. The van der Waals surface area contributed by atoms with Crippen molar-refractivity contribution in [1.29, 1.82) is 0 Å². The van der Waals surface area contributed by atoms with Crippen LogP contribution in [0.1, 0.15) is 41.2 Å². The Morgan fingerprint density at radius 2 is 1.92 bits per heavy atom. The second-order valence-electron chi connectivity index (χ2n) is 6.46. The Kier molecular flexibility index (Phi) is 4.18. The zero-order valence-electron chi connectivity index (χ0n) is 13.9. The number of rotatable bonds is 2. The van der Waals surface area contributed by atoms with Crippen LogP contribution in [0.15, 0.2) is 60.9 Å². The fourth-order valence-corrected chi connectivity index (χ4v) is 3.67. The number of hydrogen-bond acceptors (Lipinski definition) is 2. The van der Waals surface area contributed by atoms with Gasteiger partial charge in [0, 0.05) is 29.9 Å². The van der Waals surface area contributed by atoms with Gasteiger partial charge in [0.1, 0.15) is 5.82 Å². The summed E-state index contributed by atoms with van der Waals surface area (Å²) < 4.78 is 13.3. The smallest absolute Gasteiger partial charge is 0.254 e. The number of aromatic nitrogens is 1. The van der Waals surface area contributed by atoms with E-state index in [0.29, 0.717) is 5.56 Å². The van der Waals surface area contributed by atoms with Crippen molar-refractivity contribution in [2.24, 2.45) is 0 Å². The number of likely N-dealkylation sites (tertiary alicyclic amines) is 1. The molecule has 0 unspecified atom stereocenters. The van der Waals surface area contributed by atoms with Crippen LogP contribution in [0.25, 0.3) is 10.8 Å². The number of amides is 1. The van der Waals surface area contributed by atoms with Crippen molar-refractivity contribution >= 4 is 16.7 Å². The van der Waals surface area contributed by atoms with Crippen molar-refractivity contribution in [3.63, 3.8) is 0 Å². The van der Waals surface area contributed by atoms with E-state index in [0.717, 1.165) is 42.1 Å². The topological polar surface area (TPSA) is 33.2 Å². The molecule has 3 nitrogen and oxygen atoms in total. The summed E-state index contributed by atoms with van der Waals surface area (Å²) in [6.07, 6.45) is 6.47. The van der Waals surface area contributed by atoms with Crippen LogP contribution in [0.4, 0.5) is 4.39 Å². The Bertz CT molecular complexity index is 902. The SMILES string of the molecule is O=C(c1cccc2cnccc12)N1CCCC[C@@H]1c1ccc(F)cc1. The van der Waals surface area contributed by atoms with E-state index in [1.807, 2.05) is 29.2 Å². The molecule has 1 aromatic heterocycles. The van der Waals surface area contributed by atoms with Crippen LogP contribution in [0.5, 0.6) is 0 Å². The Morgan fingerprint density at radius 1 is 1.08 bits per heavy atom. The number of piperidine rings is 1. The minimum Gasteiger partial charge on any atom is -0.332 e. The quantitative estimate of drug-likeness (QED) is 0.678. The standard InChI is InChI=1S/C21H19FN2O/c22-17-9-7-15(8-10-17)20-6-1-2-13-24(20)21(25)19-5-3-4-16-14-23-12-11-18(16)19/h3-5,7-12,14,20H,1-2,6,13H2/t20-/m1/s1. The maximum absolute atomic E-state index is 13.3. The van der Waals surface area contributed by atoms with Gasteiger partial charge in [-0.05, 0) is 54.5 Å². The molecule has 0 aliphatic carbocycles. The van der Waals surface area contributed by atoms with Crippen LogP contribution in [0, 0.1) is 5.82 Å².